The largest absolute Gasteiger partial charge is 0.491 e. The van der Waals surface area contributed by atoms with Gasteiger partial charge in [0.1, 0.15) is 12.4 Å². The third-order valence-corrected chi connectivity index (χ3v) is 4.06. The molecule has 0 spiro atoms. The summed E-state index contributed by atoms with van der Waals surface area (Å²) in [4.78, 5) is 14.4. The highest BCUT2D eigenvalue weighted by Gasteiger charge is 2.21. The molecule has 0 aliphatic carbocycles. The Morgan fingerprint density at radius 3 is 2.57 bits per heavy atom. The molecule has 0 aliphatic heterocycles. The van der Waals surface area contributed by atoms with Gasteiger partial charge in [0.2, 0.25) is 0 Å². The Hall–Kier alpha value is -1.75. The lowest BCUT2D eigenvalue weighted by Crippen LogP contribution is -2.38. The van der Waals surface area contributed by atoms with Crippen molar-refractivity contribution in [1.82, 2.24) is 4.90 Å². The first kappa shape index (κ1) is 19.3. The Labute approximate surface area is 139 Å². The number of nitrogens with two attached hydrogens (primary N) is 1. The van der Waals surface area contributed by atoms with E-state index in [2.05, 4.69) is 18.7 Å². The zero-order valence-electron chi connectivity index (χ0n) is 15.0. The number of ether oxygens (including phenoxy) is 2. The van der Waals surface area contributed by atoms with E-state index in [1.807, 2.05) is 21.0 Å². The Bertz CT molecular complexity index is 503. The maximum absolute atomic E-state index is 12.3. The number of nitrogen functional groups attached to an aromatic ring is 1. The number of benzene rings is 1. The van der Waals surface area contributed by atoms with Crippen molar-refractivity contribution in [3.05, 3.63) is 23.8 Å². The lowest BCUT2D eigenvalue weighted by Gasteiger charge is -2.29. The number of carbonyl (C=O) groups excluding carboxylic acids is 1. The molecule has 1 rings (SSSR count). The first-order valence-electron chi connectivity index (χ1n) is 8.26. The van der Waals surface area contributed by atoms with Gasteiger partial charge in [0.05, 0.1) is 17.9 Å². The fraction of sp³-hybridized carbons (Fsp3) is 0.611. The summed E-state index contributed by atoms with van der Waals surface area (Å²) in [5.74, 6) is 0.640. The number of hydrogen-bond acceptors (Lipinski definition) is 5. The Kier molecular flexibility index (Phi) is 7.89. The molecule has 0 radical (unpaired) electrons. The number of nitrogens with zero attached hydrogens (tertiary/aromatic N) is 1. The van der Waals surface area contributed by atoms with E-state index in [-0.39, 0.29) is 12.0 Å². The summed E-state index contributed by atoms with van der Waals surface area (Å²) in [6.07, 6.45) is 1.92. The van der Waals surface area contributed by atoms with E-state index >= 15 is 0 Å². The summed E-state index contributed by atoms with van der Waals surface area (Å²) in [6, 6.07) is 5.21. The van der Waals surface area contributed by atoms with Crippen LogP contribution in [0.1, 0.15) is 44.0 Å². The van der Waals surface area contributed by atoms with E-state index < -0.39 is 0 Å². The normalized spacial score (nSPS) is 13.7. The molecule has 130 valence electrons. The zero-order chi connectivity index (χ0) is 17.4. The van der Waals surface area contributed by atoms with Crippen LogP contribution in [-0.4, -0.2) is 44.2 Å². The molecule has 1 aromatic carbocycles. The van der Waals surface area contributed by atoms with Crippen molar-refractivity contribution in [3.8, 4) is 5.75 Å². The van der Waals surface area contributed by atoms with Gasteiger partial charge in [-0.1, -0.05) is 27.2 Å². The average Bonchev–Trinajstić information content (AvgIpc) is 2.53. The molecule has 1 aromatic rings. The van der Waals surface area contributed by atoms with Gasteiger partial charge in [-0.2, -0.15) is 0 Å². The Morgan fingerprint density at radius 2 is 2.00 bits per heavy atom. The minimum Gasteiger partial charge on any atom is -0.491 e. The van der Waals surface area contributed by atoms with Crippen molar-refractivity contribution >= 4 is 11.7 Å². The fourth-order valence-electron chi connectivity index (χ4n) is 2.34. The summed E-state index contributed by atoms with van der Waals surface area (Å²) in [5, 5.41) is 0. The Balaban J connectivity index is 2.73. The molecule has 0 heterocycles. The molecule has 1 unspecified atom stereocenters. The molecule has 2 N–H and O–H groups in total. The molecular weight excluding hydrogens is 292 g/mol. The second-order valence-electron chi connectivity index (χ2n) is 6.12. The van der Waals surface area contributed by atoms with Gasteiger partial charge in [0, 0.05) is 6.04 Å². The fourth-order valence-corrected chi connectivity index (χ4v) is 2.34. The highest BCUT2D eigenvalue weighted by atomic mass is 16.5. The van der Waals surface area contributed by atoms with E-state index in [0.717, 1.165) is 12.8 Å². The van der Waals surface area contributed by atoms with Gasteiger partial charge in [0.15, 0.2) is 0 Å². The molecule has 0 fully saturated rings. The number of carbonyl (C=O) groups is 1. The van der Waals surface area contributed by atoms with Crippen molar-refractivity contribution < 1.29 is 14.3 Å². The van der Waals surface area contributed by atoms with Crippen LogP contribution < -0.4 is 10.5 Å². The van der Waals surface area contributed by atoms with Crippen molar-refractivity contribution in [2.75, 3.05) is 33.0 Å². The molecule has 5 heteroatoms. The predicted molar refractivity (Wildman–Crippen MR) is 93.9 cm³/mol. The van der Waals surface area contributed by atoms with Crippen LogP contribution >= 0.6 is 0 Å². The smallest absolute Gasteiger partial charge is 0.338 e. The molecular formula is C18H30N2O3. The first-order chi connectivity index (χ1) is 10.9. The first-order valence-corrected chi connectivity index (χ1v) is 8.26. The quantitative estimate of drug-likeness (QED) is 0.559. The van der Waals surface area contributed by atoms with Crippen LogP contribution in [0, 0.1) is 5.92 Å². The topological polar surface area (TPSA) is 64.8 Å². The summed E-state index contributed by atoms with van der Waals surface area (Å²) in [5.41, 5.74) is 6.86. The highest BCUT2D eigenvalue weighted by molar-refractivity contribution is 5.90. The van der Waals surface area contributed by atoms with Crippen LogP contribution in [0.4, 0.5) is 5.69 Å². The van der Waals surface area contributed by atoms with Crippen molar-refractivity contribution in [2.24, 2.45) is 5.92 Å². The minimum absolute atomic E-state index is 0.202. The summed E-state index contributed by atoms with van der Waals surface area (Å²) in [6.45, 7) is 7.26. The number of hydrogen-bond donors (Lipinski definition) is 1. The standard InChI is InChI=1S/C18H30N2O3/c1-6-10-22-17-11-14(8-9-15(17)19)18(21)23-12-16(20(4)5)13(3)7-2/h8-9,11,13,16H,6-7,10,12,19H2,1-5H3/t13?,16-/m1/s1. The van der Waals surface area contributed by atoms with E-state index in [1.54, 1.807) is 18.2 Å². The van der Waals surface area contributed by atoms with Crippen molar-refractivity contribution in [1.29, 1.82) is 0 Å². The van der Waals surface area contributed by atoms with Crippen LogP contribution in [0.3, 0.4) is 0 Å². The molecule has 23 heavy (non-hydrogen) atoms. The van der Waals surface area contributed by atoms with Crippen molar-refractivity contribution in [2.45, 2.75) is 39.7 Å². The molecule has 2 atom stereocenters. The molecule has 0 bridgehead atoms. The summed E-state index contributed by atoms with van der Waals surface area (Å²) < 4.78 is 11.1. The lowest BCUT2D eigenvalue weighted by molar-refractivity contribution is 0.0336. The number of likely N-dealkylation sites (N-methyl/N-ethyl adjacent to an activating group) is 1. The van der Waals surface area contributed by atoms with E-state index in [9.17, 15) is 4.79 Å². The maximum atomic E-state index is 12.3. The molecule has 0 aromatic heterocycles. The lowest BCUT2D eigenvalue weighted by atomic mass is 9.99. The monoisotopic (exact) mass is 322 g/mol. The summed E-state index contributed by atoms with van der Waals surface area (Å²) >= 11 is 0. The van der Waals surface area contributed by atoms with E-state index in [1.165, 1.54) is 0 Å². The maximum Gasteiger partial charge on any atom is 0.338 e. The predicted octanol–water partition coefficient (Wildman–Crippen LogP) is 3.19. The third kappa shape index (κ3) is 5.75. The van der Waals surface area contributed by atoms with Crippen molar-refractivity contribution in [3.63, 3.8) is 0 Å². The van der Waals surface area contributed by atoms with Gasteiger partial charge in [0.25, 0.3) is 0 Å². The Morgan fingerprint density at radius 1 is 1.30 bits per heavy atom. The van der Waals surface area contributed by atoms with Crippen LogP contribution in [-0.2, 0) is 4.74 Å². The van der Waals surface area contributed by atoms with Crippen LogP contribution in [0.5, 0.6) is 5.75 Å². The molecule has 5 nitrogen and oxygen atoms in total. The highest BCUT2D eigenvalue weighted by Crippen LogP contribution is 2.23. The van der Waals surface area contributed by atoms with Gasteiger partial charge < -0.3 is 20.1 Å². The van der Waals surface area contributed by atoms with Crippen LogP contribution in [0.2, 0.25) is 0 Å². The number of anilines is 1. The van der Waals surface area contributed by atoms with Gasteiger partial charge in [-0.05, 0) is 44.6 Å². The SMILES string of the molecule is CCCOc1cc(C(=O)OC[C@H](C(C)CC)N(C)C)ccc1N. The second-order valence-corrected chi connectivity index (χ2v) is 6.12. The molecule has 0 saturated carbocycles. The van der Waals surface area contributed by atoms with Crippen LogP contribution in [0.25, 0.3) is 0 Å². The van der Waals surface area contributed by atoms with Gasteiger partial charge in [-0.25, -0.2) is 4.79 Å². The average molecular weight is 322 g/mol. The van der Waals surface area contributed by atoms with Gasteiger partial charge >= 0.3 is 5.97 Å². The third-order valence-electron chi connectivity index (χ3n) is 4.06. The number of rotatable bonds is 9. The minimum atomic E-state index is -0.346. The molecule has 0 aliphatic rings. The van der Waals surface area contributed by atoms with E-state index in [0.29, 0.717) is 36.1 Å². The van der Waals surface area contributed by atoms with E-state index in [4.69, 9.17) is 15.2 Å². The van der Waals surface area contributed by atoms with Gasteiger partial charge in [-0.15, -0.1) is 0 Å². The second kappa shape index (κ2) is 9.40. The van der Waals surface area contributed by atoms with Crippen LogP contribution in [0.15, 0.2) is 18.2 Å². The molecule has 0 saturated heterocycles. The zero-order valence-corrected chi connectivity index (χ0v) is 15.0. The number of esters is 1. The summed E-state index contributed by atoms with van der Waals surface area (Å²) in [7, 11) is 4.01. The molecule has 0 amide bonds. The van der Waals surface area contributed by atoms with Gasteiger partial charge in [-0.3, -0.25) is 0 Å².